The number of rotatable bonds is 3. The van der Waals surface area contributed by atoms with E-state index >= 15 is 0 Å². The lowest BCUT2D eigenvalue weighted by Gasteiger charge is -2.19. The maximum atomic E-state index is 10.6. The van der Waals surface area contributed by atoms with Gasteiger partial charge in [0, 0.05) is 22.8 Å². The van der Waals surface area contributed by atoms with E-state index in [-0.39, 0.29) is 5.75 Å². The van der Waals surface area contributed by atoms with Crippen molar-refractivity contribution in [1.29, 1.82) is 0 Å². The molecule has 8 rings (SSSR count). The van der Waals surface area contributed by atoms with Crippen LogP contribution in [0.3, 0.4) is 0 Å². The quantitative estimate of drug-likeness (QED) is 0.240. The Hall–Kier alpha value is -5.48. The first-order valence-corrected chi connectivity index (χ1v) is 13.3. The Balaban J connectivity index is 1.56. The normalized spacial score (nSPS) is 11.6. The van der Waals surface area contributed by atoms with Crippen molar-refractivity contribution < 1.29 is 5.11 Å². The second kappa shape index (κ2) is 8.79. The Morgan fingerprint density at radius 1 is 0.525 bits per heavy atom. The molecule has 6 aromatic carbocycles. The molecule has 188 valence electrons. The summed E-state index contributed by atoms with van der Waals surface area (Å²) >= 11 is 0. The average Bonchev–Trinajstić information content (AvgIpc) is 3.40. The average molecular weight is 514 g/mol. The van der Waals surface area contributed by atoms with E-state index in [0.29, 0.717) is 5.52 Å². The van der Waals surface area contributed by atoms with Gasteiger partial charge in [-0.15, -0.1) is 0 Å². The molecule has 0 amide bonds. The van der Waals surface area contributed by atoms with Crippen molar-refractivity contribution in [3.05, 3.63) is 134 Å². The lowest BCUT2D eigenvalue weighted by atomic mass is 9.86. The smallest absolute Gasteiger partial charge is 0.146 e. The zero-order valence-corrected chi connectivity index (χ0v) is 21.5. The molecule has 2 aromatic heterocycles. The predicted molar refractivity (Wildman–Crippen MR) is 164 cm³/mol. The molecule has 0 aliphatic heterocycles. The number of aromatic hydroxyl groups is 1. The van der Waals surface area contributed by atoms with E-state index in [1.54, 1.807) is 12.3 Å². The van der Waals surface area contributed by atoms with E-state index in [9.17, 15) is 5.11 Å². The Labute approximate surface area is 230 Å². The summed E-state index contributed by atoms with van der Waals surface area (Å²) in [4.78, 5) is 9.74. The van der Waals surface area contributed by atoms with E-state index < -0.39 is 0 Å². The molecular formula is C36H23N3O. The summed E-state index contributed by atoms with van der Waals surface area (Å²) in [6.45, 7) is 0. The number of imidazole rings is 1. The van der Waals surface area contributed by atoms with Gasteiger partial charge in [-0.2, -0.15) is 0 Å². The van der Waals surface area contributed by atoms with E-state index in [2.05, 4.69) is 101 Å². The molecule has 0 fully saturated rings. The summed E-state index contributed by atoms with van der Waals surface area (Å²) in [5, 5.41) is 16.0. The van der Waals surface area contributed by atoms with Crippen molar-refractivity contribution in [1.82, 2.24) is 14.5 Å². The van der Waals surface area contributed by atoms with E-state index in [1.807, 2.05) is 30.3 Å². The monoisotopic (exact) mass is 513 g/mol. The van der Waals surface area contributed by atoms with Gasteiger partial charge in [0.15, 0.2) is 0 Å². The van der Waals surface area contributed by atoms with Crippen molar-refractivity contribution >= 4 is 43.5 Å². The molecule has 1 N–H and O–H groups in total. The van der Waals surface area contributed by atoms with Crippen LogP contribution < -0.4 is 0 Å². The van der Waals surface area contributed by atoms with Crippen LogP contribution in [-0.2, 0) is 0 Å². The van der Waals surface area contributed by atoms with Crippen molar-refractivity contribution in [2.24, 2.45) is 0 Å². The van der Waals surface area contributed by atoms with Crippen LogP contribution in [0.15, 0.2) is 134 Å². The molecule has 0 saturated heterocycles. The maximum Gasteiger partial charge on any atom is 0.146 e. The van der Waals surface area contributed by atoms with Gasteiger partial charge in [-0.3, -0.25) is 9.55 Å². The van der Waals surface area contributed by atoms with Gasteiger partial charge in [-0.25, -0.2) is 4.98 Å². The fraction of sp³-hybridized carbons (Fsp3) is 0. The van der Waals surface area contributed by atoms with Gasteiger partial charge in [-0.1, -0.05) is 84.9 Å². The van der Waals surface area contributed by atoms with Crippen molar-refractivity contribution in [3.63, 3.8) is 0 Å². The number of hydrogen-bond acceptors (Lipinski definition) is 3. The van der Waals surface area contributed by atoms with Gasteiger partial charge >= 0.3 is 0 Å². The third kappa shape index (κ3) is 3.26. The second-order valence-corrected chi connectivity index (χ2v) is 9.97. The van der Waals surface area contributed by atoms with Gasteiger partial charge in [-0.05, 0) is 75.1 Å². The SMILES string of the molecule is Oc1ccc(-c2c3ccccc3c(-c3nc4ccccc4n3-c3ccccc3)c3ccccc23)c2cccnc12. The number of fused-ring (bicyclic) bond motifs is 4. The summed E-state index contributed by atoms with van der Waals surface area (Å²) in [5.41, 5.74) is 6.94. The van der Waals surface area contributed by atoms with Crippen LogP contribution in [0.1, 0.15) is 0 Å². The van der Waals surface area contributed by atoms with Crippen LogP contribution in [0.25, 0.3) is 71.7 Å². The van der Waals surface area contributed by atoms with Crippen LogP contribution in [0.4, 0.5) is 0 Å². The number of para-hydroxylation sites is 3. The summed E-state index contributed by atoms with van der Waals surface area (Å²) in [5.74, 6) is 1.09. The Morgan fingerprint density at radius 3 is 1.85 bits per heavy atom. The molecule has 0 saturated carbocycles. The number of phenols is 1. The van der Waals surface area contributed by atoms with Crippen LogP contribution in [-0.4, -0.2) is 19.6 Å². The lowest BCUT2D eigenvalue weighted by Crippen LogP contribution is -1.99. The van der Waals surface area contributed by atoms with Crippen LogP contribution >= 0.6 is 0 Å². The summed E-state index contributed by atoms with van der Waals surface area (Å²) in [7, 11) is 0. The molecule has 0 radical (unpaired) electrons. The molecule has 2 heterocycles. The van der Waals surface area contributed by atoms with E-state index in [0.717, 1.165) is 66.2 Å². The zero-order valence-electron chi connectivity index (χ0n) is 21.5. The number of benzene rings is 6. The minimum Gasteiger partial charge on any atom is -0.506 e. The van der Waals surface area contributed by atoms with Crippen LogP contribution in [0.2, 0.25) is 0 Å². The van der Waals surface area contributed by atoms with Gasteiger partial charge in [0.05, 0.1) is 11.0 Å². The molecule has 0 unspecified atom stereocenters. The highest BCUT2D eigenvalue weighted by Gasteiger charge is 2.22. The molecule has 8 aromatic rings. The molecular weight excluding hydrogens is 490 g/mol. The first-order valence-electron chi connectivity index (χ1n) is 13.3. The fourth-order valence-electron chi connectivity index (χ4n) is 6.07. The zero-order chi connectivity index (χ0) is 26.6. The summed E-state index contributed by atoms with van der Waals surface area (Å²) in [6.07, 6.45) is 1.72. The van der Waals surface area contributed by atoms with Crippen molar-refractivity contribution in [3.8, 4) is 34.0 Å². The largest absolute Gasteiger partial charge is 0.506 e. The summed E-state index contributed by atoms with van der Waals surface area (Å²) < 4.78 is 2.27. The minimum atomic E-state index is 0.182. The second-order valence-electron chi connectivity index (χ2n) is 9.97. The van der Waals surface area contributed by atoms with Gasteiger partial charge in [0.25, 0.3) is 0 Å². The molecule has 0 aliphatic rings. The maximum absolute atomic E-state index is 10.6. The Morgan fingerprint density at radius 2 is 1.12 bits per heavy atom. The predicted octanol–water partition coefficient (Wildman–Crippen LogP) is 8.92. The molecule has 0 aliphatic carbocycles. The molecule has 0 atom stereocenters. The first kappa shape index (κ1) is 22.5. The van der Waals surface area contributed by atoms with Crippen LogP contribution in [0.5, 0.6) is 5.75 Å². The number of aromatic nitrogens is 3. The third-order valence-corrected chi connectivity index (χ3v) is 7.75. The number of nitrogens with zero attached hydrogens (tertiary/aromatic N) is 3. The highest BCUT2D eigenvalue weighted by atomic mass is 16.3. The van der Waals surface area contributed by atoms with Crippen LogP contribution in [0, 0.1) is 0 Å². The Bertz CT molecular complexity index is 2170. The Kier molecular flexibility index (Phi) is 4.94. The molecule has 40 heavy (non-hydrogen) atoms. The summed E-state index contributed by atoms with van der Waals surface area (Å²) in [6, 6.07) is 43.6. The standard InChI is InChI=1S/C36H23N3O/c40-32-21-20-28(29-17-10-22-37-35(29)32)33-24-13-4-6-15-26(24)34(27-16-7-5-14-25(27)33)36-38-30-18-8-9-19-31(30)39(36)23-11-2-1-3-12-23/h1-22,40H. The number of phenolic OH excluding ortho intramolecular Hbond substituents is 1. The van der Waals surface area contributed by atoms with Gasteiger partial charge in [0.2, 0.25) is 0 Å². The lowest BCUT2D eigenvalue weighted by molar-refractivity contribution is 0.480. The van der Waals surface area contributed by atoms with Gasteiger partial charge in [0.1, 0.15) is 17.1 Å². The highest BCUT2D eigenvalue weighted by molar-refractivity contribution is 6.23. The van der Waals surface area contributed by atoms with Gasteiger partial charge < -0.3 is 5.11 Å². The van der Waals surface area contributed by atoms with Crippen molar-refractivity contribution in [2.75, 3.05) is 0 Å². The topological polar surface area (TPSA) is 50.9 Å². The van der Waals surface area contributed by atoms with E-state index in [1.165, 1.54) is 0 Å². The molecule has 4 nitrogen and oxygen atoms in total. The first-order chi connectivity index (χ1) is 19.8. The number of hydrogen-bond donors (Lipinski definition) is 1. The third-order valence-electron chi connectivity index (χ3n) is 7.75. The molecule has 0 spiro atoms. The number of pyridine rings is 1. The molecule has 0 bridgehead atoms. The van der Waals surface area contributed by atoms with Crippen molar-refractivity contribution in [2.45, 2.75) is 0 Å². The van der Waals surface area contributed by atoms with E-state index in [4.69, 9.17) is 4.98 Å². The highest BCUT2D eigenvalue weighted by Crippen LogP contribution is 2.46. The minimum absolute atomic E-state index is 0.182. The fourth-order valence-corrected chi connectivity index (χ4v) is 6.07. The molecule has 4 heteroatoms.